The number of nitrogens with two attached hydrogens (primary N) is 1. The van der Waals surface area contributed by atoms with Gasteiger partial charge < -0.3 is 15.2 Å². The van der Waals surface area contributed by atoms with E-state index in [1.54, 1.807) is 0 Å². The van der Waals surface area contributed by atoms with Crippen molar-refractivity contribution >= 4 is 0 Å². The van der Waals surface area contributed by atoms with Crippen LogP contribution in [0.5, 0.6) is 5.75 Å². The molecule has 0 bridgehead atoms. The Hall–Kier alpha value is -1.84. The van der Waals surface area contributed by atoms with Gasteiger partial charge in [0.05, 0.1) is 6.61 Å². The van der Waals surface area contributed by atoms with Crippen LogP contribution in [0.25, 0.3) is 0 Å². The minimum absolute atomic E-state index is 0.141. The molecule has 1 unspecified atom stereocenters. The SMILES string of the molecule is NC1CCCc2ccc(OCOCc3ccccc3)cc21. The maximum absolute atomic E-state index is 6.16. The van der Waals surface area contributed by atoms with Gasteiger partial charge in [-0.05, 0) is 48.1 Å². The van der Waals surface area contributed by atoms with Crippen molar-refractivity contribution in [1.82, 2.24) is 0 Å². The van der Waals surface area contributed by atoms with Gasteiger partial charge in [-0.25, -0.2) is 0 Å². The topological polar surface area (TPSA) is 44.5 Å². The lowest BCUT2D eigenvalue weighted by Crippen LogP contribution is -2.17. The average Bonchev–Trinajstić information content (AvgIpc) is 2.53. The molecule has 21 heavy (non-hydrogen) atoms. The van der Waals surface area contributed by atoms with Crippen molar-refractivity contribution in [2.45, 2.75) is 31.9 Å². The fourth-order valence-electron chi connectivity index (χ4n) is 2.75. The first-order valence-electron chi connectivity index (χ1n) is 7.46. The number of hydrogen-bond acceptors (Lipinski definition) is 3. The summed E-state index contributed by atoms with van der Waals surface area (Å²) in [7, 11) is 0. The normalized spacial score (nSPS) is 17.3. The highest BCUT2D eigenvalue weighted by Crippen LogP contribution is 2.30. The molecule has 0 aliphatic heterocycles. The first-order valence-corrected chi connectivity index (χ1v) is 7.46. The molecule has 2 aromatic carbocycles. The van der Waals surface area contributed by atoms with Gasteiger partial charge in [0.2, 0.25) is 0 Å². The van der Waals surface area contributed by atoms with Gasteiger partial charge in [0, 0.05) is 6.04 Å². The maximum Gasteiger partial charge on any atom is 0.189 e. The van der Waals surface area contributed by atoms with E-state index in [0.717, 1.165) is 24.2 Å². The Morgan fingerprint density at radius 2 is 1.95 bits per heavy atom. The second kappa shape index (κ2) is 6.74. The monoisotopic (exact) mass is 283 g/mol. The number of fused-ring (bicyclic) bond motifs is 1. The van der Waals surface area contributed by atoms with Crippen molar-refractivity contribution in [2.24, 2.45) is 5.73 Å². The van der Waals surface area contributed by atoms with Crippen molar-refractivity contribution < 1.29 is 9.47 Å². The molecule has 110 valence electrons. The molecule has 2 N–H and O–H groups in total. The van der Waals surface area contributed by atoms with Crippen molar-refractivity contribution in [1.29, 1.82) is 0 Å². The Bertz CT molecular complexity index is 583. The molecule has 0 fully saturated rings. The second-order valence-corrected chi connectivity index (χ2v) is 5.46. The van der Waals surface area contributed by atoms with Crippen molar-refractivity contribution in [2.75, 3.05) is 6.79 Å². The van der Waals surface area contributed by atoms with E-state index in [1.807, 2.05) is 36.4 Å². The molecule has 3 rings (SSSR count). The largest absolute Gasteiger partial charge is 0.468 e. The number of hydrogen-bond donors (Lipinski definition) is 1. The summed E-state index contributed by atoms with van der Waals surface area (Å²) in [5, 5.41) is 0. The number of ether oxygens (including phenoxy) is 2. The molecule has 1 aliphatic rings. The Labute approximate surface area is 125 Å². The molecule has 0 aromatic heterocycles. The van der Waals surface area contributed by atoms with Crippen molar-refractivity contribution in [3.63, 3.8) is 0 Å². The molecular formula is C18H21NO2. The van der Waals surface area contributed by atoms with Crippen LogP contribution >= 0.6 is 0 Å². The summed E-state index contributed by atoms with van der Waals surface area (Å²) < 4.78 is 11.2. The highest BCUT2D eigenvalue weighted by atomic mass is 16.7. The molecular weight excluding hydrogens is 262 g/mol. The predicted molar refractivity (Wildman–Crippen MR) is 83.0 cm³/mol. The van der Waals surface area contributed by atoms with Gasteiger partial charge in [0.1, 0.15) is 5.75 Å². The van der Waals surface area contributed by atoms with Crippen molar-refractivity contribution in [3.05, 3.63) is 65.2 Å². The van der Waals surface area contributed by atoms with Crippen LogP contribution in [0.3, 0.4) is 0 Å². The van der Waals surface area contributed by atoms with Crippen LogP contribution in [0, 0.1) is 0 Å². The molecule has 1 atom stereocenters. The third kappa shape index (κ3) is 3.63. The highest BCUT2D eigenvalue weighted by Gasteiger charge is 2.17. The molecule has 0 radical (unpaired) electrons. The third-order valence-electron chi connectivity index (χ3n) is 3.90. The van der Waals surface area contributed by atoms with E-state index in [2.05, 4.69) is 12.1 Å². The Balaban J connectivity index is 1.53. The molecule has 0 spiro atoms. The number of aryl methyl sites for hydroxylation is 1. The van der Waals surface area contributed by atoms with Crippen LogP contribution in [0.2, 0.25) is 0 Å². The van der Waals surface area contributed by atoms with E-state index < -0.39 is 0 Å². The highest BCUT2D eigenvalue weighted by molar-refractivity contribution is 5.39. The van der Waals surface area contributed by atoms with Crippen LogP contribution in [0.1, 0.15) is 35.6 Å². The van der Waals surface area contributed by atoms with Crippen molar-refractivity contribution in [3.8, 4) is 5.75 Å². The van der Waals surface area contributed by atoms with E-state index in [9.17, 15) is 0 Å². The fraction of sp³-hybridized carbons (Fsp3) is 0.333. The second-order valence-electron chi connectivity index (χ2n) is 5.46. The van der Waals surface area contributed by atoms with Crippen LogP contribution in [-0.2, 0) is 17.8 Å². The van der Waals surface area contributed by atoms with Gasteiger partial charge in [0.25, 0.3) is 0 Å². The lowest BCUT2D eigenvalue weighted by molar-refractivity contribution is 0.00497. The molecule has 2 aromatic rings. The zero-order valence-electron chi connectivity index (χ0n) is 12.1. The first-order chi connectivity index (χ1) is 10.3. The smallest absolute Gasteiger partial charge is 0.189 e. The lowest BCUT2D eigenvalue weighted by Gasteiger charge is -2.22. The molecule has 0 amide bonds. The number of benzene rings is 2. The van der Waals surface area contributed by atoms with Crippen LogP contribution in [0.15, 0.2) is 48.5 Å². The van der Waals surface area contributed by atoms with Crippen LogP contribution in [-0.4, -0.2) is 6.79 Å². The molecule has 1 aliphatic carbocycles. The van der Waals surface area contributed by atoms with E-state index in [1.165, 1.54) is 17.5 Å². The standard InChI is InChI=1S/C18H21NO2/c19-18-8-4-7-15-9-10-16(11-17(15)18)21-13-20-12-14-5-2-1-3-6-14/h1-3,5-6,9-11,18H,4,7-8,12-13,19H2. The van der Waals surface area contributed by atoms with E-state index in [-0.39, 0.29) is 12.8 Å². The fourth-order valence-corrected chi connectivity index (χ4v) is 2.75. The Kier molecular flexibility index (Phi) is 4.53. The lowest BCUT2D eigenvalue weighted by atomic mass is 9.88. The quantitative estimate of drug-likeness (QED) is 0.674. The molecule has 3 nitrogen and oxygen atoms in total. The summed E-state index contributed by atoms with van der Waals surface area (Å²) in [6.07, 6.45) is 3.35. The van der Waals surface area contributed by atoms with Gasteiger partial charge in [-0.2, -0.15) is 0 Å². The summed E-state index contributed by atoms with van der Waals surface area (Å²) in [6, 6.07) is 16.4. The van der Waals surface area contributed by atoms with Gasteiger partial charge in [-0.15, -0.1) is 0 Å². The van der Waals surface area contributed by atoms with Gasteiger partial charge in [-0.3, -0.25) is 0 Å². The predicted octanol–water partition coefficient (Wildman–Crippen LogP) is 3.58. The van der Waals surface area contributed by atoms with Crippen LogP contribution in [0.4, 0.5) is 0 Å². The van der Waals surface area contributed by atoms with Gasteiger partial charge in [0.15, 0.2) is 6.79 Å². The van der Waals surface area contributed by atoms with E-state index in [4.69, 9.17) is 15.2 Å². The summed E-state index contributed by atoms with van der Waals surface area (Å²) in [5.74, 6) is 0.833. The molecule has 0 heterocycles. The van der Waals surface area contributed by atoms with Gasteiger partial charge >= 0.3 is 0 Å². The number of rotatable bonds is 5. The van der Waals surface area contributed by atoms with Crippen LogP contribution < -0.4 is 10.5 Å². The van der Waals surface area contributed by atoms with E-state index in [0.29, 0.717) is 6.61 Å². The maximum atomic E-state index is 6.16. The third-order valence-corrected chi connectivity index (χ3v) is 3.90. The minimum Gasteiger partial charge on any atom is -0.468 e. The summed E-state index contributed by atoms with van der Waals surface area (Å²) in [4.78, 5) is 0. The Morgan fingerprint density at radius 1 is 1.10 bits per heavy atom. The molecule has 3 heteroatoms. The molecule has 0 saturated carbocycles. The average molecular weight is 283 g/mol. The zero-order valence-corrected chi connectivity index (χ0v) is 12.1. The van der Waals surface area contributed by atoms with Gasteiger partial charge in [-0.1, -0.05) is 36.4 Å². The first kappa shape index (κ1) is 14.1. The Morgan fingerprint density at radius 3 is 2.81 bits per heavy atom. The zero-order chi connectivity index (χ0) is 14.5. The summed E-state index contributed by atoms with van der Waals surface area (Å²) in [5.41, 5.74) is 9.88. The minimum atomic E-state index is 0.141. The van der Waals surface area contributed by atoms with E-state index >= 15 is 0 Å². The molecule has 0 saturated heterocycles. The summed E-state index contributed by atoms with van der Waals surface area (Å²) in [6.45, 7) is 0.814. The summed E-state index contributed by atoms with van der Waals surface area (Å²) >= 11 is 0.